The van der Waals surface area contributed by atoms with E-state index in [4.69, 9.17) is 4.74 Å². The maximum atomic E-state index is 12.6. The fourth-order valence-electron chi connectivity index (χ4n) is 5.18. The number of amides is 1. The zero-order valence-corrected chi connectivity index (χ0v) is 18.1. The first-order valence-electron chi connectivity index (χ1n) is 11.8. The molecule has 2 aliphatic heterocycles. The fourth-order valence-corrected chi connectivity index (χ4v) is 5.18. The highest BCUT2D eigenvalue weighted by atomic mass is 16.5. The number of fused-ring (bicyclic) bond motifs is 1. The van der Waals surface area contributed by atoms with Crippen molar-refractivity contribution in [2.75, 3.05) is 6.61 Å². The Morgan fingerprint density at radius 3 is 2.20 bits per heavy atom. The van der Waals surface area contributed by atoms with Crippen molar-refractivity contribution in [1.29, 1.82) is 0 Å². The third-order valence-corrected chi connectivity index (χ3v) is 6.82. The summed E-state index contributed by atoms with van der Waals surface area (Å²) >= 11 is 0. The van der Waals surface area contributed by atoms with E-state index < -0.39 is 0 Å². The van der Waals surface area contributed by atoms with Crippen LogP contribution >= 0.6 is 0 Å². The first-order valence-corrected chi connectivity index (χ1v) is 11.8. The molecule has 2 saturated heterocycles. The second kappa shape index (κ2) is 10.3. The van der Waals surface area contributed by atoms with Crippen LogP contribution in [0.25, 0.3) is 0 Å². The summed E-state index contributed by atoms with van der Waals surface area (Å²) in [5.41, 5.74) is 2.32. The number of aryl methyl sites for hydroxylation is 1. The lowest BCUT2D eigenvalue weighted by Crippen LogP contribution is -2.42. The zero-order valence-electron chi connectivity index (χ0n) is 18.1. The van der Waals surface area contributed by atoms with Gasteiger partial charge in [-0.15, -0.1) is 0 Å². The van der Waals surface area contributed by atoms with E-state index in [0.717, 1.165) is 19.3 Å². The van der Waals surface area contributed by atoms with Crippen LogP contribution in [0.1, 0.15) is 81.4 Å². The van der Waals surface area contributed by atoms with Crippen LogP contribution in [0.2, 0.25) is 0 Å². The molecule has 0 spiro atoms. The fraction of sp³-hybridized carbons (Fsp3) is 0.519. The smallest absolute Gasteiger partial charge is 0.225 e. The summed E-state index contributed by atoms with van der Waals surface area (Å²) in [5.74, 6) is 0.264. The Labute approximate surface area is 181 Å². The summed E-state index contributed by atoms with van der Waals surface area (Å²) in [7, 11) is 0. The van der Waals surface area contributed by atoms with Gasteiger partial charge in [-0.3, -0.25) is 4.79 Å². The van der Waals surface area contributed by atoms with Gasteiger partial charge in [0.1, 0.15) is 5.72 Å². The van der Waals surface area contributed by atoms with Crippen molar-refractivity contribution in [2.45, 2.75) is 82.4 Å². The van der Waals surface area contributed by atoms with Crippen LogP contribution in [-0.4, -0.2) is 23.1 Å². The standard InChI is InChI=1S/C27H35NO2/c29-26-19-21-27(28(26)25(22-30-27)24-17-11-7-12-18-24)20-13-5-3-1-2-4-8-14-23-15-9-6-10-16-23/h6-7,9-12,15-18,25H,1-5,8,13-14,19-22H2/t25-,27-/m0/s1. The van der Waals surface area contributed by atoms with Crippen LogP contribution in [0.5, 0.6) is 0 Å². The largest absolute Gasteiger partial charge is 0.353 e. The first kappa shape index (κ1) is 21.1. The molecule has 2 aliphatic rings. The minimum atomic E-state index is -0.340. The second-order valence-electron chi connectivity index (χ2n) is 8.91. The van der Waals surface area contributed by atoms with E-state index >= 15 is 0 Å². The number of unbranched alkanes of at least 4 members (excludes halogenated alkanes) is 6. The van der Waals surface area contributed by atoms with Crippen LogP contribution < -0.4 is 0 Å². The number of hydrogen-bond acceptors (Lipinski definition) is 2. The molecule has 2 atom stereocenters. The lowest BCUT2D eigenvalue weighted by atomic mass is 9.99. The van der Waals surface area contributed by atoms with Crippen molar-refractivity contribution in [3.63, 3.8) is 0 Å². The number of ether oxygens (including phenoxy) is 1. The van der Waals surface area contributed by atoms with Gasteiger partial charge < -0.3 is 9.64 Å². The quantitative estimate of drug-likeness (QED) is 0.403. The number of carbonyl (C=O) groups is 1. The summed E-state index contributed by atoms with van der Waals surface area (Å²) in [5, 5.41) is 0. The molecule has 3 nitrogen and oxygen atoms in total. The van der Waals surface area contributed by atoms with Gasteiger partial charge in [0.15, 0.2) is 0 Å². The Hall–Kier alpha value is -2.13. The number of hydrogen-bond donors (Lipinski definition) is 0. The lowest BCUT2D eigenvalue weighted by Gasteiger charge is -2.33. The van der Waals surface area contributed by atoms with Gasteiger partial charge in [0.05, 0.1) is 12.6 Å². The lowest BCUT2D eigenvalue weighted by molar-refractivity contribution is -0.139. The van der Waals surface area contributed by atoms with Crippen molar-refractivity contribution in [2.24, 2.45) is 0 Å². The van der Waals surface area contributed by atoms with Gasteiger partial charge in [0.25, 0.3) is 0 Å². The normalized spacial score (nSPS) is 23.1. The summed E-state index contributed by atoms with van der Waals surface area (Å²) in [4.78, 5) is 14.7. The van der Waals surface area contributed by atoms with Gasteiger partial charge in [-0.1, -0.05) is 92.8 Å². The van der Waals surface area contributed by atoms with Crippen molar-refractivity contribution in [1.82, 2.24) is 4.90 Å². The van der Waals surface area contributed by atoms with Crippen molar-refractivity contribution in [3.8, 4) is 0 Å². The molecule has 3 heteroatoms. The van der Waals surface area contributed by atoms with Crippen LogP contribution in [0, 0.1) is 0 Å². The molecule has 0 unspecified atom stereocenters. The van der Waals surface area contributed by atoms with Crippen molar-refractivity contribution >= 4 is 5.91 Å². The first-order chi connectivity index (χ1) is 14.8. The monoisotopic (exact) mass is 405 g/mol. The Kier molecular flexibility index (Phi) is 7.22. The minimum Gasteiger partial charge on any atom is -0.353 e. The molecule has 0 saturated carbocycles. The molecule has 0 aliphatic carbocycles. The average Bonchev–Trinajstić information content (AvgIpc) is 3.32. The summed E-state index contributed by atoms with van der Waals surface area (Å²) < 4.78 is 6.31. The molecular weight excluding hydrogens is 370 g/mol. The third kappa shape index (κ3) is 4.95. The minimum absolute atomic E-state index is 0.0887. The number of rotatable bonds is 11. The van der Waals surface area contributed by atoms with E-state index in [1.165, 1.54) is 56.1 Å². The molecule has 2 fully saturated rings. The molecule has 2 aromatic rings. The number of nitrogens with zero attached hydrogens (tertiary/aromatic N) is 1. The highest BCUT2D eigenvalue weighted by Gasteiger charge is 2.54. The Morgan fingerprint density at radius 2 is 1.47 bits per heavy atom. The maximum absolute atomic E-state index is 12.6. The summed E-state index contributed by atoms with van der Waals surface area (Å²) in [6.45, 7) is 0.636. The maximum Gasteiger partial charge on any atom is 0.225 e. The topological polar surface area (TPSA) is 29.5 Å². The van der Waals surface area contributed by atoms with Gasteiger partial charge in [0.2, 0.25) is 5.91 Å². The molecular formula is C27H35NO2. The molecule has 30 heavy (non-hydrogen) atoms. The predicted molar refractivity (Wildman–Crippen MR) is 121 cm³/mol. The molecule has 0 N–H and O–H groups in total. The van der Waals surface area contributed by atoms with E-state index in [9.17, 15) is 4.79 Å². The average molecular weight is 406 g/mol. The van der Waals surface area contributed by atoms with Gasteiger partial charge in [0, 0.05) is 12.8 Å². The second-order valence-corrected chi connectivity index (χ2v) is 8.91. The zero-order chi connectivity index (χ0) is 20.7. The van der Waals surface area contributed by atoms with E-state index in [1.54, 1.807) is 0 Å². The van der Waals surface area contributed by atoms with E-state index in [2.05, 4.69) is 59.5 Å². The molecule has 160 valence electrons. The van der Waals surface area contributed by atoms with E-state index in [-0.39, 0.29) is 17.7 Å². The van der Waals surface area contributed by atoms with Gasteiger partial charge in [-0.2, -0.15) is 0 Å². The SMILES string of the molecule is O=C1CC[C@]2(CCCCCCCCCc3ccccc3)OC[C@@H](c3ccccc3)N12. The Balaban J connectivity index is 1.15. The van der Waals surface area contributed by atoms with Crippen LogP contribution in [0.4, 0.5) is 0 Å². The Morgan fingerprint density at radius 1 is 0.833 bits per heavy atom. The highest BCUT2D eigenvalue weighted by molar-refractivity contribution is 5.80. The highest BCUT2D eigenvalue weighted by Crippen LogP contribution is 2.47. The van der Waals surface area contributed by atoms with E-state index in [1.807, 2.05) is 6.07 Å². The van der Waals surface area contributed by atoms with Crippen LogP contribution in [0.15, 0.2) is 60.7 Å². The van der Waals surface area contributed by atoms with Gasteiger partial charge >= 0.3 is 0 Å². The molecule has 2 heterocycles. The predicted octanol–water partition coefficient (Wildman–Crippen LogP) is 6.44. The molecule has 1 amide bonds. The molecule has 2 aromatic carbocycles. The van der Waals surface area contributed by atoms with Gasteiger partial charge in [-0.05, 0) is 36.8 Å². The van der Waals surface area contributed by atoms with E-state index in [0.29, 0.717) is 13.0 Å². The summed E-state index contributed by atoms with van der Waals surface area (Å²) in [6, 6.07) is 21.3. The third-order valence-electron chi connectivity index (χ3n) is 6.82. The van der Waals surface area contributed by atoms with Crippen molar-refractivity contribution < 1.29 is 9.53 Å². The Bertz CT molecular complexity index is 791. The van der Waals surface area contributed by atoms with Crippen LogP contribution in [0.3, 0.4) is 0 Å². The molecule has 0 bridgehead atoms. The molecule has 4 rings (SSSR count). The molecule has 0 aromatic heterocycles. The number of carbonyl (C=O) groups excluding carboxylic acids is 1. The van der Waals surface area contributed by atoms with Crippen LogP contribution in [-0.2, 0) is 16.0 Å². The number of benzene rings is 2. The van der Waals surface area contributed by atoms with Gasteiger partial charge in [-0.25, -0.2) is 0 Å². The van der Waals surface area contributed by atoms with Crippen molar-refractivity contribution in [3.05, 3.63) is 71.8 Å². The summed E-state index contributed by atoms with van der Waals surface area (Å²) in [6.07, 6.45) is 12.6. The molecule has 0 radical (unpaired) electrons.